The van der Waals surface area contributed by atoms with E-state index in [1.54, 1.807) is 0 Å². The average Bonchev–Trinajstić information content (AvgIpc) is 2.40. The van der Waals surface area contributed by atoms with Gasteiger partial charge in [-0.15, -0.1) is 0 Å². The largest absolute Gasteiger partial charge is 0.481 e. The van der Waals surface area contributed by atoms with E-state index in [0.29, 0.717) is 12.8 Å². The van der Waals surface area contributed by atoms with Crippen LogP contribution < -0.4 is 5.32 Å². The van der Waals surface area contributed by atoms with E-state index in [0.717, 1.165) is 0 Å². The van der Waals surface area contributed by atoms with Crippen LogP contribution in [0.1, 0.15) is 32.4 Å². The van der Waals surface area contributed by atoms with Crippen molar-refractivity contribution >= 4 is 11.9 Å². The van der Waals surface area contributed by atoms with Crippen LogP contribution in [0.5, 0.6) is 0 Å². The number of carboxylic acid groups (broad SMARTS) is 1. The van der Waals surface area contributed by atoms with E-state index in [1.807, 2.05) is 19.9 Å². The molecule has 6 heteroatoms. The van der Waals surface area contributed by atoms with Crippen LogP contribution in [-0.2, 0) is 4.79 Å². The molecule has 1 aromatic heterocycles. The molecule has 0 aliphatic rings. The Morgan fingerprint density at radius 3 is 2.72 bits per heavy atom. The first-order valence-electron chi connectivity index (χ1n) is 5.78. The Kier molecular flexibility index (Phi) is 4.60. The minimum absolute atomic E-state index is 0.240. The summed E-state index contributed by atoms with van der Waals surface area (Å²) < 4.78 is 0. The molecule has 18 heavy (non-hydrogen) atoms. The second-order valence-electron chi connectivity index (χ2n) is 4.02. The van der Waals surface area contributed by atoms with Gasteiger partial charge in [0.05, 0.1) is 5.41 Å². The van der Waals surface area contributed by atoms with E-state index in [9.17, 15) is 9.90 Å². The van der Waals surface area contributed by atoms with E-state index in [2.05, 4.69) is 15.3 Å². The highest BCUT2D eigenvalue weighted by Crippen LogP contribution is 2.26. The predicted octanol–water partition coefficient (Wildman–Crippen LogP) is 1.65. The topological polar surface area (TPSA) is 98.9 Å². The summed E-state index contributed by atoms with van der Waals surface area (Å²) >= 11 is 0. The van der Waals surface area contributed by atoms with Crippen molar-refractivity contribution in [3.8, 4) is 6.07 Å². The Morgan fingerprint density at radius 1 is 1.56 bits per heavy atom. The van der Waals surface area contributed by atoms with E-state index in [-0.39, 0.29) is 18.2 Å². The van der Waals surface area contributed by atoms with Gasteiger partial charge >= 0.3 is 5.97 Å². The minimum atomic E-state index is -0.837. The number of hydrogen-bond donors (Lipinski definition) is 2. The molecular formula is C12H16N4O2. The number of carbonyl (C=O) groups is 1. The Labute approximate surface area is 106 Å². The first-order valence-corrected chi connectivity index (χ1v) is 5.78. The summed E-state index contributed by atoms with van der Waals surface area (Å²) in [6, 6.07) is 3.40. The van der Waals surface area contributed by atoms with E-state index in [1.165, 1.54) is 12.3 Å². The van der Waals surface area contributed by atoms with E-state index >= 15 is 0 Å². The summed E-state index contributed by atoms with van der Waals surface area (Å²) in [5.41, 5.74) is -0.576. The average molecular weight is 248 g/mol. The Balaban J connectivity index is 2.79. The van der Waals surface area contributed by atoms with Gasteiger partial charge in [0.2, 0.25) is 5.95 Å². The number of nitrogens with one attached hydrogen (secondary N) is 1. The third-order valence-corrected chi connectivity index (χ3v) is 3.16. The van der Waals surface area contributed by atoms with Gasteiger partial charge in [0.1, 0.15) is 11.8 Å². The third kappa shape index (κ3) is 2.94. The second kappa shape index (κ2) is 5.96. The van der Waals surface area contributed by atoms with Crippen LogP contribution in [0, 0.1) is 16.7 Å². The molecule has 6 nitrogen and oxygen atoms in total. The van der Waals surface area contributed by atoms with Crippen molar-refractivity contribution in [2.45, 2.75) is 26.7 Å². The fraction of sp³-hybridized carbons (Fsp3) is 0.500. The molecule has 0 radical (unpaired) electrons. The number of nitrogens with zero attached hydrogens (tertiary/aromatic N) is 3. The van der Waals surface area contributed by atoms with E-state index in [4.69, 9.17) is 5.26 Å². The van der Waals surface area contributed by atoms with Crippen LogP contribution >= 0.6 is 0 Å². The number of hydrogen-bond acceptors (Lipinski definition) is 5. The molecule has 0 amide bonds. The summed E-state index contributed by atoms with van der Waals surface area (Å²) in [7, 11) is 0. The van der Waals surface area contributed by atoms with E-state index < -0.39 is 11.4 Å². The molecule has 0 unspecified atom stereocenters. The number of anilines is 1. The summed E-state index contributed by atoms with van der Waals surface area (Å²) in [5, 5.41) is 20.9. The summed E-state index contributed by atoms with van der Waals surface area (Å²) in [6.45, 7) is 3.92. The summed E-state index contributed by atoms with van der Waals surface area (Å²) in [5.74, 6) is -0.557. The zero-order valence-corrected chi connectivity index (χ0v) is 10.5. The van der Waals surface area contributed by atoms with Gasteiger partial charge in [-0.2, -0.15) is 5.26 Å². The van der Waals surface area contributed by atoms with Crippen molar-refractivity contribution in [3.63, 3.8) is 0 Å². The van der Waals surface area contributed by atoms with Crippen LogP contribution in [0.4, 0.5) is 5.95 Å². The second-order valence-corrected chi connectivity index (χ2v) is 4.02. The molecule has 0 saturated heterocycles. The lowest BCUT2D eigenvalue weighted by molar-refractivity contribution is -0.148. The van der Waals surface area contributed by atoms with Crippen molar-refractivity contribution in [2.24, 2.45) is 5.41 Å². The molecule has 0 bridgehead atoms. The van der Waals surface area contributed by atoms with Gasteiger partial charge in [0, 0.05) is 12.7 Å². The predicted molar refractivity (Wildman–Crippen MR) is 65.9 cm³/mol. The van der Waals surface area contributed by atoms with Crippen LogP contribution in [-0.4, -0.2) is 27.6 Å². The highest BCUT2D eigenvalue weighted by atomic mass is 16.4. The third-order valence-electron chi connectivity index (χ3n) is 3.16. The molecule has 0 aromatic carbocycles. The SMILES string of the molecule is CCC(CC)(CNc1nccc(C#N)n1)C(=O)O. The number of aromatic nitrogens is 2. The Morgan fingerprint density at radius 2 is 2.22 bits per heavy atom. The smallest absolute Gasteiger partial charge is 0.311 e. The molecule has 0 fully saturated rings. The van der Waals surface area contributed by atoms with Crippen LogP contribution in [0.2, 0.25) is 0 Å². The zero-order chi connectivity index (χ0) is 13.6. The van der Waals surface area contributed by atoms with Crippen molar-refractivity contribution < 1.29 is 9.90 Å². The lowest BCUT2D eigenvalue weighted by atomic mass is 9.82. The number of aliphatic carboxylic acids is 1. The molecule has 2 N–H and O–H groups in total. The molecule has 0 saturated carbocycles. The maximum Gasteiger partial charge on any atom is 0.311 e. The quantitative estimate of drug-likeness (QED) is 0.794. The Hall–Kier alpha value is -2.16. The highest BCUT2D eigenvalue weighted by molar-refractivity contribution is 5.75. The first-order chi connectivity index (χ1) is 8.57. The lowest BCUT2D eigenvalue weighted by Crippen LogP contribution is -2.37. The van der Waals surface area contributed by atoms with Gasteiger partial charge in [0.25, 0.3) is 0 Å². The monoisotopic (exact) mass is 248 g/mol. The molecule has 0 atom stereocenters. The maximum absolute atomic E-state index is 11.3. The molecular weight excluding hydrogens is 232 g/mol. The molecule has 1 rings (SSSR count). The lowest BCUT2D eigenvalue weighted by Gasteiger charge is -2.26. The molecule has 0 aliphatic carbocycles. The van der Waals surface area contributed by atoms with Gasteiger partial charge < -0.3 is 10.4 Å². The van der Waals surface area contributed by atoms with Gasteiger partial charge in [-0.25, -0.2) is 9.97 Å². The fourth-order valence-corrected chi connectivity index (χ4v) is 1.63. The highest BCUT2D eigenvalue weighted by Gasteiger charge is 2.34. The van der Waals surface area contributed by atoms with Gasteiger partial charge in [-0.3, -0.25) is 4.79 Å². The van der Waals surface area contributed by atoms with Gasteiger partial charge in [-0.1, -0.05) is 13.8 Å². The standard InChI is InChI=1S/C12H16N4O2/c1-3-12(4-2,10(17)18)8-15-11-14-6-5-9(7-13)16-11/h5-6H,3-4,8H2,1-2H3,(H,17,18)(H,14,15,16). The van der Waals surface area contributed by atoms with Crippen LogP contribution in [0.3, 0.4) is 0 Å². The van der Waals surface area contributed by atoms with Crippen LogP contribution in [0.15, 0.2) is 12.3 Å². The first kappa shape index (κ1) is 13.9. The number of nitriles is 1. The van der Waals surface area contributed by atoms with Crippen molar-refractivity contribution in [1.82, 2.24) is 9.97 Å². The zero-order valence-electron chi connectivity index (χ0n) is 10.5. The molecule has 1 aromatic rings. The van der Waals surface area contributed by atoms with Gasteiger partial charge in [-0.05, 0) is 18.9 Å². The van der Waals surface area contributed by atoms with Crippen molar-refractivity contribution in [2.75, 3.05) is 11.9 Å². The summed E-state index contributed by atoms with van der Waals surface area (Å²) in [4.78, 5) is 19.2. The molecule has 96 valence electrons. The normalized spacial score (nSPS) is 10.7. The Bertz CT molecular complexity index is 463. The fourth-order valence-electron chi connectivity index (χ4n) is 1.63. The molecule has 1 heterocycles. The van der Waals surface area contributed by atoms with Crippen molar-refractivity contribution in [1.29, 1.82) is 5.26 Å². The van der Waals surface area contributed by atoms with Crippen LogP contribution in [0.25, 0.3) is 0 Å². The maximum atomic E-state index is 11.3. The summed E-state index contributed by atoms with van der Waals surface area (Å²) in [6.07, 6.45) is 2.50. The number of carboxylic acids is 1. The minimum Gasteiger partial charge on any atom is -0.481 e. The number of rotatable bonds is 6. The van der Waals surface area contributed by atoms with Gasteiger partial charge in [0.15, 0.2) is 0 Å². The molecule has 0 aliphatic heterocycles. The van der Waals surface area contributed by atoms with Crippen molar-refractivity contribution in [3.05, 3.63) is 18.0 Å². The molecule has 0 spiro atoms.